The van der Waals surface area contributed by atoms with E-state index in [1.54, 1.807) is 19.3 Å². The zero-order valence-electron chi connectivity index (χ0n) is 17.3. The number of rotatable bonds is 16. The molecule has 0 radical (unpaired) electrons. The molecule has 0 spiro atoms. The minimum absolute atomic E-state index is 0.156. The van der Waals surface area contributed by atoms with Gasteiger partial charge in [0.15, 0.2) is 17.3 Å². The number of ketones is 1. The lowest BCUT2D eigenvalue weighted by Gasteiger charge is -2.05. The van der Waals surface area contributed by atoms with Gasteiger partial charge in [0.05, 0.1) is 7.11 Å². The number of benzene rings is 1. The van der Waals surface area contributed by atoms with Gasteiger partial charge in [0.2, 0.25) is 0 Å². The highest BCUT2D eigenvalue weighted by Crippen LogP contribution is 2.26. The van der Waals surface area contributed by atoms with Crippen LogP contribution in [0.5, 0.6) is 11.5 Å². The van der Waals surface area contributed by atoms with Crippen LogP contribution in [0, 0.1) is 0 Å². The average molecular weight is 375 g/mol. The number of phenolic OH excluding ortho intramolecular Hbond substituents is 1. The van der Waals surface area contributed by atoms with Crippen molar-refractivity contribution >= 4 is 5.78 Å². The molecule has 0 aromatic heterocycles. The molecule has 0 saturated heterocycles. The number of carbonyl (C=O) groups excluding carboxylic acids is 1. The Hall–Kier alpha value is -1.77. The summed E-state index contributed by atoms with van der Waals surface area (Å²) in [5.41, 5.74) is 1.09. The molecular weight excluding hydrogens is 336 g/mol. The van der Waals surface area contributed by atoms with Crippen molar-refractivity contribution in [1.82, 2.24) is 0 Å². The fraction of sp³-hybridized carbons (Fsp3) is 0.625. The van der Waals surface area contributed by atoms with E-state index in [0.29, 0.717) is 12.2 Å². The Morgan fingerprint density at radius 2 is 1.63 bits per heavy atom. The average Bonchev–Trinajstić information content (AvgIpc) is 2.67. The summed E-state index contributed by atoms with van der Waals surface area (Å²) in [7, 11) is 1.55. The zero-order chi connectivity index (χ0) is 19.7. The molecule has 1 N–H and O–H groups in total. The van der Waals surface area contributed by atoms with Crippen molar-refractivity contribution in [1.29, 1.82) is 0 Å². The van der Waals surface area contributed by atoms with Crippen molar-refractivity contribution in [3.05, 3.63) is 35.9 Å². The molecule has 0 heterocycles. The molecule has 1 aromatic rings. The van der Waals surface area contributed by atoms with Crippen LogP contribution in [0.15, 0.2) is 30.4 Å². The number of carbonyl (C=O) groups is 1. The summed E-state index contributed by atoms with van der Waals surface area (Å²) in [6, 6.07) is 5.38. The largest absolute Gasteiger partial charge is 0.504 e. The maximum atomic E-state index is 11.9. The molecule has 3 nitrogen and oxygen atoms in total. The quantitative estimate of drug-likeness (QED) is 0.256. The Morgan fingerprint density at radius 1 is 1.00 bits per heavy atom. The fourth-order valence-electron chi connectivity index (χ4n) is 3.21. The second-order valence-corrected chi connectivity index (χ2v) is 7.35. The summed E-state index contributed by atoms with van der Waals surface area (Å²) in [5, 5.41) is 9.59. The van der Waals surface area contributed by atoms with Gasteiger partial charge in [-0.2, -0.15) is 0 Å². The Kier molecular flexibility index (Phi) is 13.2. The van der Waals surface area contributed by atoms with Crippen LogP contribution in [0.1, 0.15) is 89.5 Å². The van der Waals surface area contributed by atoms with E-state index in [9.17, 15) is 9.90 Å². The minimum Gasteiger partial charge on any atom is -0.504 e. The molecule has 0 amide bonds. The maximum Gasteiger partial charge on any atom is 0.160 e. The van der Waals surface area contributed by atoms with Gasteiger partial charge in [-0.3, -0.25) is 4.79 Å². The molecular formula is C24H38O3. The van der Waals surface area contributed by atoms with E-state index in [4.69, 9.17) is 4.74 Å². The summed E-state index contributed by atoms with van der Waals surface area (Å²) in [6.07, 6.45) is 18.9. The third-order valence-electron chi connectivity index (χ3n) is 4.92. The van der Waals surface area contributed by atoms with Crippen LogP contribution in [-0.4, -0.2) is 18.0 Å². The van der Waals surface area contributed by atoms with Gasteiger partial charge >= 0.3 is 0 Å². The molecule has 1 aromatic carbocycles. The van der Waals surface area contributed by atoms with E-state index < -0.39 is 0 Å². The molecule has 0 unspecified atom stereocenters. The van der Waals surface area contributed by atoms with Crippen molar-refractivity contribution in [2.75, 3.05) is 7.11 Å². The predicted molar refractivity (Wildman–Crippen MR) is 114 cm³/mol. The summed E-state index contributed by atoms with van der Waals surface area (Å²) in [5.74, 6) is 0.884. The monoisotopic (exact) mass is 374 g/mol. The van der Waals surface area contributed by atoms with E-state index in [-0.39, 0.29) is 11.5 Å². The highest BCUT2D eigenvalue weighted by molar-refractivity contribution is 5.89. The molecule has 0 aliphatic rings. The van der Waals surface area contributed by atoms with Crippen LogP contribution in [0.3, 0.4) is 0 Å². The van der Waals surface area contributed by atoms with Crippen LogP contribution in [0.4, 0.5) is 0 Å². The van der Waals surface area contributed by atoms with E-state index in [1.807, 2.05) is 18.2 Å². The summed E-state index contributed by atoms with van der Waals surface area (Å²) < 4.78 is 5.11. The molecule has 1 rings (SSSR count). The van der Waals surface area contributed by atoms with Crippen LogP contribution >= 0.6 is 0 Å². The fourth-order valence-corrected chi connectivity index (χ4v) is 3.21. The summed E-state index contributed by atoms with van der Waals surface area (Å²) in [4.78, 5) is 11.9. The first-order valence-corrected chi connectivity index (χ1v) is 10.7. The van der Waals surface area contributed by atoms with Gasteiger partial charge < -0.3 is 9.84 Å². The molecule has 0 aliphatic carbocycles. The van der Waals surface area contributed by atoms with Gasteiger partial charge in [-0.1, -0.05) is 76.9 Å². The molecule has 0 aliphatic heterocycles. The summed E-state index contributed by atoms with van der Waals surface area (Å²) >= 11 is 0. The lowest BCUT2D eigenvalue weighted by atomic mass is 10.0. The number of ether oxygens (including phenoxy) is 1. The smallest absolute Gasteiger partial charge is 0.160 e. The lowest BCUT2D eigenvalue weighted by Crippen LogP contribution is -1.93. The molecule has 152 valence electrons. The third-order valence-corrected chi connectivity index (χ3v) is 4.92. The van der Waals surface area contributed by atoms with Crippen molar-refractivity contribution in [3.8, 4) is 11.5 Å². The van der Waals surface area contributed by atoms with Crippen LogP contribution < -0.4 is 4.74 Å². The first kappa shape index (κ1) is 23.3. The van der Waals surface area contributed by atoms with E-state index >= 15 is 0 Å². The van der Waals surface area contributed by atoms with Crippen LogP contribution in [-0.2, 0) is 11.2 Å². The van der Waals surface area contributed by atoms with E-state index in [1.165, 1.54) is 57.8 Å². The van der Waals surface area contributed by atoms with Gasteiger partial charge in [-0.05, 0) is 43.0 Å². The number of aromatic hydroxyl groups is 1. The van der Waals surface area contributed by atoms with E-state index in [0.717, 1.165) is 24.8 Å². The Morgan fingerprint density at radius 3 is 2.26 bits per heavy atom. The molecule has 3 heteroatoms. The standard InChI is InChI=1S/C24H38O3/c1-3-4-5-6-7-8-9-10-11-12-16-22(25)17-14-13-15-21-18-19-23(26)24(20-21)27-2/h14,17-20,26H,3-13,15-16H2,1-2H3. The SMILES string of the molecule is CCCCCCCCCCCCC(=O)C=CCCc1ccc(O)c(OC)c1. The number of allylic oxidation sites excluding steroid dienone is 2. The van der Waals surface area contributed by atoms with Gasteiger partial charge in [0, 0.05) is 6.42 Å². The van der Waals surface area contributed by atoms with Crippen molar-refractivity contribution in [2.24, 2.45) is 0 Å². The second-order valence-electron chi connectivity index (χ2n) is 7.35. The van der Waals surface area contributed by atoms with Crippen molar-refractivity contribution in [2.45, 2.75) is 90.4 Å². The third kappa shape index (κ3) is 11.5. The Balaban J connectivity index is 2.03. The molecule has 0 atom stereocenters. The van der Waals surface area contributed by atoms with Crippen LogP contribution in [0.25, 0.3) is 0 Å². The highest BCUT2D eigenvalue weighted by Gasteiger charge is 2.02. The Bertz CT molecular complexity index is 549. The normalized spacial score (nSPS) is 11.2. The summed E-state index contributed by atoms with van der Waals surface area (Å²) in [6.45, 7) is 2.25. The second kappa shape index (κ2) is 15.3. The first-order chi connectivity index (χ1) is 13.2. The number of methoxy groups -OCH3 is 1. The Labute approximate surface area is 165 Å². The van der Waals surface area contributed by atoms with Gasteiger partial charge in [-0.15, -0.1) is 0 Å². The van der Waals surface area contributed by atoms with Gasteiger partial charge in [-0.25, -0.2) is 0 Å². The number of hydrogen-bond donors (Lipinski definition) is 1. The predicted octanol–water partition coefficient (Wildman–Crippen LogP) is 6.77. The molecule has 27 heavy (non-hydrogen) atoms. The van der Waals surface area contributed by atoms with Gasteiger partial charge in [0.25, 0.3) is 0 Å². The van der Waals surface area contributed by atoms with E-state index in [2.05, 4.69) is 6.92 Å². The number of aryl methyl sites for hydroxylation is 1. The van der Waals surface area contributed by atoms with Crippen LogP contribution in [0.2, 0.25) is 0 Å². The molecule has 0 bridgehead atoms. The molecule has 0 fully saturated rings. The zero-order valence-corrected chi connectivity index (χ0v) is 17.3. The van der Waals surface area contributed by atoms with Crippen molar-refractivity contribution < 1.29 is 14.6 Å². The maximum absolute atomic E-state index is 11.9. The number of hydrogen-bond acceptors (Lipinski definition) is 3. The highest BCUT2D eigenvalue weighted by atomic mass is 16.5. The topological polar surface area (TPSA) is 46.5 Å². The van der Waals surface area contributed by atoms with Crippen molar-refractivity contribution in [3.63, 3.8) is 0 Å². The lowest BCUT2D eigenvalue weighted by molar-refractivity contribution is -0.114. The first-order valence-electron chi connectivity index (χ1n) is 10.7. The van der Waals surface area contributed by atoms with Gasteiger partial charge in [0.1, 0.15) is 0 Å². The number of phenols is 1. The number of unbranched alkanes of at least 4 members (excludes halogenated alkanes) is 9. The minimum atomic E-state index is 0.156. The molecule has 0 saturated carbocycles.